The van der Waals surface area contributed by atoms with Crippen molar-refractivity contribution in [2.45, 2.75) is 26.1 Å². The number of carbonyl (C=O) groups is 3. The minimum atomic E-state index is -1.34. The van der Waals surface area contributed by atoms with E-state index >= 15 is 0 Å². The second kappa shape index (κ2) is 3.52. The van der Waals surface area contributed by atoms with E-state index in [0.29, 0.717) is 6.42 Å². The molecule has 0 spiro atoms. The first-order valence-electron chi connectivity index (χ1n) is 6.55. The van der Waals surface area contributed by atoms with Crippen LogP contribution < -0.4 is 0 Å². The van der Waals surface area contributed by atoms with E-state index in [9.17, 15) is 14.4 Å². The summed E-state index contributed by atoms with van der Waals surface area (Å²) in [5, 5.41) is 0. The Morgan fingerprint density at radius 2 is 1.79 bits per heavy atom. The lowest BCUT2D eigenvalue weighted by atomic mass is 9.85. The topological polar surface area (TPSA) is 69.7 Å². The number of fused-ring (bicyclic) bond motifs is 1. The van der Waals surface area contributed by atoms with Crippen LogP contribution in [0.2, 0.25) is 0 Å². The fourth-order valence-corrected chi connectivity index (χ4v) is 4.97. The molecule has 0 amide bonds. The summed E-state index contributed by atoms with van der Waals surface area (Å²) in [5.41, 5.74) is -0.709. The van der Waals surface area contributed by atoms with Gasteiger partial charge in [-0.15, -0.1) is 0 Å². The molecular weight excluding hydrogens is 248 g/mol. The van der Waals surface area contributed by atoms with Crippen molar-refractivity contribution in [3.63, 3.8) is 0 Å². The van der Waals surface area contributed by atoms with Crippen LogP contribution in [0.1, 0.15) is 20.3 Å². The van der Waals surface area contributed by atoms with Crippen LogP contribution >= 0.6 is 0 Å². The van der Waals surface area contributed by atoms with Crippen LogP contribution in [0.25, 0.3) is 0 Å². The van der Waals surface area contributed by atoms with Gasteiger partial charge >= 0.3 is 0 Å². The molecule has 3 saturated carbocycles. The van der Waals surface area contributed by atoms with Crippen molar-refractivity contribution in [1.82, 2.24) is 0 Å². The van der Waals surface area contributed by atoms with E-state index in [1.807, 2.05) is 0 Å². The van der Waals surface area contributed by atoms with Crippen LogP contribution in [-0.4, -0.2) is 37.4 Å². The smallest absolute Gasteiger partial charge is 0.232 e. The van der Waals surface area contributed by atoms with Gasteiger partial charge in [0.05, 0.1) is 5.41 Å². The molecule has 0 aromatic rings. The Bertz CT molecular complexity index is 492. The van der Waals surface area contributed by atoms with Gasteiger partial charge in [0.15, 0.2) is 5.78 Å². The zero-order valence-electron chi connectivity index (χ0n) is 11.6. The van der Waals surface area contributed by atoms with E-state index in [1.54, 1.807) is 0 Å². The van der Waals surface area contributed by atoms with E-state index in [4.69, 9.17) is 9.47 Å². The van der Waals surface area contributed by atoms with Crippen LogP contribution in [0, 0.1) is 29.1 Å². The summed E-state index contributed by atoms with van der Waals surface area (Å²) in [7, 11) is 2.85. The van der Waals surface area contributed by atoms with Gasteiger partial charge in [-0.05, 0) is 26.2 Å². The Balaban J connectivity index is 2.12. The molecular formula is C14H18O5. The van der Waals surface area contributed by atoms with Gasteiger partial charge < -0.3 is 9.47 Å². The van der Waals surface area contributed by atoms with E-state index < -0.39 is 17.1 Å². The van der Waals surface area contributed by atoms with E-state index in [-0.39, 0.29) is 35.1 Å². The largest absolute Gasteiger partial charge is 0.347 e. The monoisotopic (exact) mass is 266 g/mol. The van der Waals surface area contributed by atoms with Crippen LogP contribution in [0.4, 0.5) is 0 Å². The Hall–Kier alpha value is -1.07. The summed E-state index contributed by atoms with van der Waals surface area (Å²) in [6.45, 7) is 3.04. The predicted octanol–water partition coefficient (Wildman–Crippen LogP) is 0.605. The third kappa shape index (κ3) is 1.09. The van der Waals surface area contributed by atoms with Gasteiger partial charge in [0.1, 0.15) is 11.6 Å². The van der Waals surface area contributed by atoms with Crippen molar-refractivity contribution in [3.05, 3.63) is 0 Å². The molecule has 3 fully saturated rings. The lowest BCUT2D eigenvalue weighted by molar-refractivity contribution is -0.227. The van der Waals surface area contributed by atoms with Crippen molar-refractivity contribution in [2.24, 2.45) is 29.1 Å². The number of carbonyl (C=O) groups excluding carboxylic acids is 3. The van der Waals surface area contributed by atoms with Crippen LogP contribution in [0.3, 0.4) is 0 Å². The molecule has 3 rings (SSSR count). The van der Waals surface area contributed by atoms with Gasteiger partial charge in [0, 0.05) is 32.0 Å². The Kier molecular flexibility index (Phi) is 2.40. The second-order valence-corrected chi connectivity index (χ2v) is 5.94. The molecule has 0 bridgehead atoms. The van der Waals surface area contributed by atoms with Crippen molar-refractivity contribution >= 4 is 17.3 Å². The highest BCUT2D eigenvalue weighted by Crippen LogP contribution is 2.81. The average Bonchev–Trinajstić information content (AvgIpc) is 2.87. The zero-order chi connectivity index (χ0) is 14.2. The standard InChI is InChI=1S/C14H18O5/c1-6(15)8-5-9-13(7(2)16)10(8)11(13)12(17)14(9,18-3)19-4/h8-11H,5H2,1-4H3/t8-,9+,10+,11+,13+/m1/s1. The molecule has 3 aliphatic carbocycles. The molecule has 0 N–H and O–H groups in total. The molecule has 5 nitrogen and oxygen atoms in total. The lowest BCUT2D eigenvalue weighted by Gasteiger charge is -2.33. The van der Waals surface area contributed by atoms with Gasteiger partial charge in [-0.3, -0.25) is 14.4 Å². The van der Waals surface area contributed by atoms with Crippen molar-refractivity contribution < 1.29 is 23.9 Å². The number of ketones is 3. The third-order valence-corrected chi connectivity index (χ3v) is 5.64. The Labute approximate surface area is 111 Å². The van der Waals surface area contributed by atoms with E-state index in [0.717, 1.165) is 0 Å². The fraction of sp³-hybridized carbons (Fsp3) is 0.786. The molecule has 0 aliphatic heterocycles. The molecule has 3 aliphatic rings. The highest BCUT2D eigenvalue weighted by Gasteiger charge is 2.90. The summed E-state index contributed by atoms with van der Waals surface area (Å²) in [6.07, 6.45) is 0.503. The maximum absolute atomic E-state index is 12.6. The number of rotatable bonds is 4. The average molecular weight is 266 g/mol. The highest BCUT2D eigenvalue weighted by atomic mass is 16.7. The minimum Gasteiger partial charge on any atom is -0.347 e. The Morgan fingerprint density at radius 3 is 2.16 bits per heavy atom. The molecule has 104 valence electrons. The minimum absolute atomic E-state index is 0.0134. The van der Waals surface area contributed by atoms with Crippen LogP contribution in [0.5, 0.6) is 0 Å². The number of hydrogen-bond acceptors (Lipinski definition) is 5. The first kappa shape index (κ1) is 12.9. The maximum Gasteiger partial charge on any atom is 0.232 e. The molecule has 19 heavy (non-hydrogen) atoms. The normalized spacial score (nSPS) is 45.2. The first-order chi connectivity index (χ1) is 8.89. The third-order valence-electron chi connectivity index (χ3n) is 5.64. The van der Waals surface area contributed by atoms with Crippen molar-refractivity contribution in [3.8, 4) is 0 Å². The summed E-state index contributed by atoms with van der Waals surface area (Å²) in [5.74, 6) is -2.52. The SMILES string of the molecule is COC1(OC)C(=O)[C@@H]2[C@@H]3[C@@H](C(C)=O)C[C@H]1[C@@]32C(C)=O. The zero-order valence-corrected chi connectivity index (χ0v) is 11.6. The molecule has 0 unspecified atom stereocenters. The summed E-state index contributed by atoms with van der Waals surface area (Å²) in [4.78, 5) is 36.4. The highest BCUT2D eigenvalue weighted by molar-refractivity contribution is 6.07. The molecule has 0 aromatic heterocycles. The van der Waals surface area contributed by atoms with Gasteiger partial charge in [0.25, 0.3) is 0 Å². The number of methoxy groups -OCH3 is 2. The number of hydrogen-bond donors (Lipinski definition) is 0. The van der Waals surface area contributed by atoms with Gasteiger partial charge in [0.2, 0.25) is 5.79 Å². The Morgan fingerprint density at radius 1 is 1.21 bits per heavy atom. The van der Waals surface area contributed by atoms with Crippen LogP contribution in [0.15, 0.2) is 0 Å². The van der Waals surface area contributed by atoms with Gasteiger partial charge in [-0.25, -0.2) is 0 Å². The van der Waals surface area contributed by atoms with Gasteiger partial charge in [-0.1, -0.05) is 0 Å². The quantitative estimate of drug-likeness (QED) is 0.697. The number of Topliss-reactive ketones (excluding diaryl/α,β-unsaturated/α-hetero) is 3. The van der Waals surface area contributed by atoms with E-state index in [1.165, 1.54) is 28.1 Å². The molecule has 0 saturated heterocycles. The van der Waals surface area contributed by atoms with Gasteiger partial charge in [-0.2, -0.15) is 0 Å². The van der Waals surface area contributed by atoms with Crippen molar-refractivity contribution in [1.29, 1.82) is 0 Å². The molecule has 0 aromatic carbocycles. The lowest BCUT2D eigenvalue weighted by Crippen LogP contribution is -2.47. The molecule has 0 heterocycles. The predicted molar refractivity (Wildman–Crippen MR) is 64.1 cm³/mol. The summed E-state index contributed by atoms with van der Waals surface area (Å²) >= 11 is 0. The van der Waals surface area contributed by atoms with Crippen molar-refractivity contribution in [2.75, 3.05) is 14.2 Å². The number of ether oxygens (including phenoxy) is 2. The molecule has 0 radical (unpaired) electrons. The molecule has 5 heteroatoms. The first-order valence-corrected chi connectivity index (χ1v) is 6.55. The summed E-state index contributed by atoms with van der Waals surface area (Å²) < 4.78 is 10.7. The maximum atomic E-state index is 12.6. The van der Waals surface area contributed by atoms with E-state index in [2.05, 4.69) is 0 Å². The van der Waals surface area contributed by atoms with Crippen LogP contribution in [-0.2, 0) is 23.9 Å². The second-order valence-electron chi connectivity index (χ2n) is 5.94. The summed E-state index contributed by atoms with van der Waals surface area (Å²) in [6, 6.07) is 0. The molecule has 5 atom stereocenters. The fourth-order valence-electron chi connectivity index (χ4n) is 4.97.